The van der Waals surface area contributed by atoms with Crippen molar-refractivity contribution < 1.29 is 9.59 Å². The smallest absolute Gasteiger partial charge is 0.317 e. The number of aromatic amines is 1. The van der Waals surface area contributed by atoms with Crippen LogP contribution >= 0.6 is 0 Å². The van der Waals surface area contributed by atoms with E-state index in [9.17, 15) is 9.59 Å². The lowest BCUT2D eigenvalue weighted by Gasteiger charge is -2.34. The van der Waals surface area contributed by atoms with E-state index in [-0.39, 0.29) is 23.9 Å². The van der Waals surface area contributed by atoms with Crippen LogP contribution in [0.1, 0.15) is 55.8 Å². The second-order valence-corrected chi connectivity index (χ2v) is 7.68. The van der Waals surface area contributed by atoms with Crippen LogP contribution in [0.2, 0.25) is 0 Å². The molecule has 2 unspecified atom stereocenters. The van der Waals surface area contributed by atoms with Crippen molar-refractivity contribution in [3.8, 4) is 0 Å². The van der Waals surface area contributed by atoms with Crippen molar-refractivity contribution >= 4 is 11.9 Å². The molecular formula is C18H27N5O2. The zero-order chi connectivity index (χ0) is 17.2. The van der Waals surface area contributed by atoms with Gasteiger partial charge in [-0.1, -0.05) is 0 Å². The van der Waals surface area contributed by atoms with Gasteiger partial charge in [-0.05, 0) is 56.4 Å². The molecule has 1 aliphatic heterocycles. The number of likely N-dealkylation sites (tertiary alicyclic amines) is 1. The first-order valence-electron chi connectivity index (χ1n) is 9.56. The van der Waals surface area contributed by atoms with Gasteiger partial charge in [0.05, 0.1) is 23.9 Å². The molecule has 3 N–H and O–H groups in total. The molecule has 2 heterocycles. The maximum Gasteiger partial charge on any atom is 0.317 e. The first-order valence-corrected chi connectivity index (χ1v) is 9.56. The summed E-state index contributed by atoms with van der Waals surface area (Å²) in [5.74, 6) is 0.715. The average molecular weight is 345 g/mol. The predicted octanol–water partition coefficient (Wildman–Crippen LogP) is 1.73. The lowest BCUT2D eigenvalue weighted by atomic mass is 9.93. The molecule has 1 aromatic rings. The minimum absolute atomic E-state index is 0.00261. The molecule has 3 aliphatic rings. The fraction of sp³-hybridized carbons (Fsp3) is 0.722. The van der Waals surface area contributed by atoms with Gasteiger partial charge in [0.15, 0.2) is 0 Å². The van der Waals surface area contributed by atoms with Gasteiger partial charge >= 0.3 is 6.03 Å². The summed E-state index contributed by atoms with van der Waals surface area (Å²) < 4.78 is 0. The molecule has 1 saturated carbocycles. The van der Waals surface area contributed by atoms with Crippen LogP contribution in [0.25, 0.3) is 0 Å². The predicted molar refractivity (Wildman–Crippen MR) is 92.8 cm³/mol. The summed E-state index contributed by atoms with van der Waals surface area (Å²) in [7, 11) is 0. The molecule has 136 valence electrons. The molecule has 25 heavy (non-hydrogen) atoms. The molecule has 7 heteroatoms. The molecule has 2 fully saturated rings. The number of rotatable bonds is 4. The van der Waals surface area contributed by atoms with Crippen molar-refractivity contribution in [2.75, 3.05) is 19.6 Å². The van der Waals surface area contributed by atoms with E-state index >= 15 is 0 Å². The first kappa shape index (κ1) is 16.4. The summed E-state index contributed by atoms with van der Waals surface area (Å²) >= 11 is 0. The number of hydrogen-bond acceptors (Lipinski definition) is 3. The maximum absolute atomic E-state index is 12.7. The molecule has 2 aliphatic carbocycles. The number of fused-ring (bicyclic) bond motifs is 1. The number of urea groups is 1. The number of aromatic nitrogens is 2. The Hall–Kier alpha value is -2.05. The van der Waals surface area contributed by atoms with Crippen LogP contribution in [0, 0.1) is 11.8 Å². The minimum atomic E-state index is -0.0766. The Bertz CT molecular complexity index is 639. The average Bonchev–Trinajstić information content (AvgIpc) is 3.34. The Morgan fingerprint density at radius 3 is 2.96 bits per heavy atom. The van der Waals surface area contributed by atoms with Crippen LogP contribution in [0.3, 0.4) is 0 Å². The van der Waals surface area contributed by atoms with E-state index in [0.717, 1.165) is 50.9 Å². The summed E-state index contributed by atoms with van der Waals surface area (Å²) in [6, 6.07) is -0.0602. The fourth-order valence-corrected chi connectivity index (χ4v) is 3.93. The van der Waals surface area contributed by atoms with Crippen molar-refractivity contribution in [2.45, 2.75) is 51.0 Å². The second-order valence-electron chi connectivity index (χ2n) is 7.68. The second kappa shape index (κ2) is 7.06. The number of amides is 3. The van der Waals surface area contributed by atoms with E-state index in [1.807, 2.05) is 6.20 Å². The Kier molecular flexibility index (Phi) is 4.63. The van der Waals surface area contributed by atoms with Crippen molar-refractivity contribution in [3.63, 3.8) is 0 Å². The third-order valence-electron chi connectivity index (χ3n) is 5.68. The van der Waals surface area contributed by atoms with E-state index < -0.39 is 0 Å². The van der Waals surface area contributed by atoms with Crippen molar-refractivity contribution in [2.24, 2.45) is 11.8 Å². The van der Waals surface area contributed by atoms with Gasteiger partial charge in [-0.25, -0.2) is 4.79 Å². The van der Waals surface area contributed by atoms with E-state index in [2.05, 4.69) is 20.8 Å². The highest BCUT2D eigenvalue weighted by Crippen LogP contribution is 2.29. The number of carbonyl (C=O) groups is 2. The summed E-state index contributed by atoms with van der Waals surface area (Å²) in [4.78, 5) is 26.8. The molecular weight excluding hydrogens is 318 g/mol. The van der Waals surface area contributed by atoms with Gasteiger partial charge in [-0.3, -0.25) is 9.89 Å². The van der Waals surface area contributed by atoms with Crippen LogP contribution in [0.5, 0.6) is 0 Å². The van der Waals surface area contributed by atoms with E-state index in [0.29, 0.717) is 12.5 Å². The lowest BCUT2D eigenvalue weighted by Crippen LogP contribution is -2.50. The van der Waals surface area contributed by atoms with Gasteiger partial charge < -0.3 is 15.5 Å². The molecule has 2 atom stereocenters. The maximum atomic E-state index is 12.7. The zero-order valence-corrected chi connectivity index (χ0v) is 14.6. The number of piperidine rings is 1. The van der Waals surface area contributed by atoms with Crippen LogP contribution in [0.15, 0.2) is 6.20 Å². The van der Waals surface area contributed by atoms with Crippen LogP contribution < -0.4 is 10.6 Å². The van der Waals surface area contributed by atoms with Gasteiger partial charge in [0.2, 0.25) is 5.91 Å². The highest BCUT2D eigenvalue weighted by molar-refractivity contribution is 5.81. The molecule has 1 saturated heterocycles. The highest BCUT2D eigenvalue weighted by atomic mass is 16.2. The molecule has 3 amide bonds. The Labute approximate surface area is 147 Å². The first-order chi connectivity index (χ1) is 12.2. The zero-order valence-electron chi connectivity index (χ0n) is 14.6. The SMILES string of the molecule is O=C(NCC1CC1)C1CCCN(C(=O)NC2CCCc3cn[nH]c32)C1. The Morgan fingerprint density at radius 2 is 2.12 bits per heavy atom. The van der Waals surface area contributed by atoms with Crippen molar-refractivity contribution in [1.29, 1.82) is 0 Å². The monoisotopic (exact) mass is 345 g/mol. The number of H-pyrrole nitrogens is 1. The highest BCUT2D eigenvalue weighted by Gasteiger charge is 2.31. The summed E-state index contributed by atoms with van der Waals surface area (Å²) in [6.07, 6.45) is 9.08. The molecule has 7 nitrogen and oxygen atoms in total. The largest absolute Gasteiger partial charge is 0.356 e. The van der Waals surface area contributed by atoms with Gasteiger partial charge in [0.25, 0.3) is 0 Å². The molecule has 0 bridgehead atoms. The number of carbonyl (C=O) groups excluding carboxylic acids is 2. The summed E-state index contributed by atoms with van der Waals surface area (Å²) in [6.45, 7) is 2.04. The van der Waals surface area contributed by atoms with Gasteiger partial charge in [-0.2, -0.15) is 5.10 Å². The normalized spacial score (nSPS) is 26.0. The minimum Gasteiger partial charge on any atom is -0.356 e. The van der Waals surface area contributed by atoms with Crippen LogP contribution in [-0.2, 0) is 11.2 Å². The number of nitrogens with zero attached hydrogens (tertiary/aromatic N) is 2. The van der Waals surface area contributed by atoms with E-state index in [4.69, 9.17) is 0 Å². The van der Waals surface area contributed by atoms with Crippen LogP contribution in [-0.4, -0.2) is 46.7 Å². The molecule has 1 aromatic heterocycles. The van der Waals surface area contributed by atoms with Crippen molar-refractivity contribution in [3.05, 3.63) is 17.5 Å². The van der Waals surface area contributed by atoms with Gasteiger partial charge in [0.1, 0.15) is 0 Å². The quantitative estimate of drug-likeness (QED) is 0.776. The number of hydrogen-bond donors (Lipinski definition) is 3. The molecule has 0 spiro atoms. The topological polar surface area (TPSA) is 90.1 Å². The van der Waals surface area contributed by atoms with E-state index in [1.54, 1.807) is 4.90 Å². The number of aryl methyl sites for hydroxylation is 1. The third kappa shape index (κ3) is 3.80. The Balaban J connectivity index is 1.32. The summed E-state index contributed by atoms with van der Waals surface area (Å²) in [5, 5.41) is 13.3. The number of nitrogens with one attached hydrogen (secondary N) is 3. The third-order valence-corrected chi connectivity index (χ3v) is 5.68. The van der Waals surface area contributed by atoms with Crippen molar-refractivity contribution in [1.82, 2.24) is 25.7 Å². The molecule has 0 aromatic carbocycles. The van der Waals surface area contributed by atoms with Gasteiger partial charge in [0, 0.05) is 19.6 Å². The van der Waals surface area contributed by atoms with Gasteiger partial charge in [-0.15, -0.1) is 0 Å². The lowest BCUT2D eigenvalue weighted by molar-refractivity contribution is -0.126. The fourth-order valence-electron chi connectivity index (χ4n) is 3.93. The van der Waals surface area contributed by atoms with E-state index in [1.165, 1.54) is 18.4 Å². The Morgan fingerprint density at radius 1 is 1.24 bits per heavy atom. The standard InChI is InChI=1S/C18H27N5O2/c24-17(19-9-12-6-7-12)14-4-2-8-23(11-14)18(25)21-15-5-1-3-13-10-20-22-16(13)15/h10,12,14-15H,1-9,11H2,(H,19,24)(H,20,22)(H,21,25). The molecule has 0 radical (unpaired) electrons. The molecule has 4 rings (SSSR count). The summed E-state index contributed by atoms with van der Waals surface area (Å²) in [5.41, 5.74) is 2.24. The van der Waals surface area contributed by atoms with Crippen LogP contribution in [0.4, 0.5) is 4.79 Å².